The summed E-state index contributed by atoms with van der Waals surface area (Å²) in [5.41, 5.74) is 1.45. The van der Waals surface area contributed by atoms with E-state index in [1.807, 2.05) is 18.2 Å². The Kier molecular flexibility index (Phi) is 4.74. The molecule has 0 atom stereocenters. The summed E-state index contributed by atoms with van der Waals surface area (Å²) in [4.78, 5) is 17.5. The first kappa shape index (κ1) is 20.5. The van der Waals surface area contributed by atoms with Gasteiger partial charge in [-0.2, -0.15) is 4.52 Å². The van der Waals surface area contributed by atoms with Gasteiger partial charge in [-0.15, -0.1) is 15.3 Å². The van der Waals surface area contributed by atoms with E-state index in [1.165, 1.54) is 23.1 Å². The first-order chi connectivity index (χ1) is 17.2. The number of ether oxygens (including phenoxy) is 3. The van der Waals surface area contributed by atoms with Crippen LogP contribution in [0.4, 0.5) is 5.13 Å². The monoisotopic (exact) mass is 504 g/mol. The van der Waals surface area contributed by atoms with Crippen LogP contribution in [0.15, 0.2) is 58.6 Å². The quantitative estimate of drug-likeness (QED) is 0.350. The summed E-state index contributed by atoms with van der Waals surface area (Å²) in [5, 5.41) is 17.2. The molecule has 1 aliphatic heterocycles. The van der Waals surface area contributed by atoms with Crippen molar-refractivity contribution in [2.45, 2.75) is 22.9 Å². The Morgan fingerprint density at radius 3 is 2.91 bits per heavy atom. The molecule has 1 N–H and O–H groups in total. The summed E-state index contributed by atoms with van der Waals surface area (Å²) in [6.07, 6.45) is 1.92. The van der Waals surface area contributed by atoms with Crippen LogP contribution in [0.25, 0.3) is 15.9 Å². The van der Waals surface area contributed by atoms with E-state index in [0.29, 0.717) is 39.1 Å². The summed E-state index contributed by atoms with van der Waals surface area (Å²) in [6, 6.07) is 14.8. The van der Waals surface area contributed by atoms with Crippen LogP contribution in [0.2, 0.25) is 0 Å². The fourth-order valence-corrected chi connectivity index (χ4v) is 5.42. The van der Waals surface area contributed by atoms with Crippen molar-refractivity contribution in [1.29, 1.82) is 0 Å². The second-order valence-corrected chi connectivity index (χ2v) is 10.1. The maximum absolute atomic E-state index is 12.1. The molecule has 35 heavy (non-hydrogen) atoms. The van der Waals surface area contributed by atoms with E-state index in [0.717, 1.165) is 28.0 Å². The number of rotatable bonds is 6. The van der Waals surface area contributed by atoms with Crippen LogP contribution in [0.5, 0.6) is 23.1 Å². The predicted molar refractivity (Wildman–Crippen MR) is 129 cm³/mol. The van der Waals surface area contributed by atoms with Crippen LogP contribution in [-0.2, 0) is 4.79 Å². The van der Waals surface area contributed by atoms with Gasteiger partial charge in [0.15, 0.2) is 22.3 Å². The number of thiazole rings is 1. The highest BCUT2D eigenvalue weighted by molar-refractivity contribution is 7.99. The number of nitrogens with one attached hydrogen (secondary N) is 1. The molecule has 1 aliphatic carbocycles. The smallest absolute Gasteiger partial charge is 0.237 e. The molecule has 1 amide bonds. The Balaban J connectivity index is 1.13. The van der Waals surface area contributed by atoms with Gasteiger partial charge in [0.2, 0.25) is 23.7 Å². The zero-order chi connectivity index (χ0) is 23.4. The third-order valence-electron chi connectivity index (χ3n) is 5.52. The number of amides is 1. The summed E-state index contributed by atoms with van der Waals surface area (Å²) in [7, 11) is 0. The molecule has 0 bridgehead atoms. The first-order valence-corrected chi connectivity index (χ1v) is 12.5. The van der Waals surface area contributed by atoms with Gasteiger partial charge < -0.3 is 19.5 Å². The average molecular weight is 505 g/mol. The normalized spacial score (nSPS) is 14.5. The lowest BCUT2D eigenvalue weighted by molar-refractivity contribution is -0.117. The van der Waals surface area contributed by atoms with E-state index in [9.17, 15) is 4.79 Å². The van der Waals surface area contributed by atoms with Gasteiger partial charge in [-0.05, 0) is 61.0 Å². The number of anilines is 1. The number of hydrogen-bond acceptors (Lipinski definition) is 10. The molecule has 0 saturated heterocycles. The Morgan fingerprint density at radius 2 is 2.00 bits per heavy atom. The van der Waals surface area contributed by atoms with Crippen LogP contribution in [0, 0.1) is 5.92 Å². The van der Waals surface area contributed by atoms with Crippen molar-refractivity contribution in [2.75, 3.05) is 12.1 Å². The molecule has 2 aliphatic rings. The van der Waals surface area contributed by atoms with E-state index < -0.39 is 0 Å². The van der Waals surface area contributed by atoms with Crippen molar-refractivity contribution in [3.8, 4) is 23.1 Å². The van der Waals surface area contributed by atoms with Gasteiger partial charge >= 0.3 is 0 Å². The van der Waals surface area contributed by atoms with Crippen LogP contribution in [-0.4, -0.2) is 37.5 Å². The minimum Gasteiger partial charge on any atom is -0.454 e. The number of aromatic nitrogens is 5. The molecule has 1 fully saturated rings. The second kappa shape index (κ2) is 8.10. The maximum atomic E-state index is 12.1. The molecule has 10 nitrogen and oxygen atoms in total. The van der Waals surface area contributed by atoms with Crippen LogP contribution < -0.4 is 19.5 Å². The zero-order valence-corrected chi connectivity index (χ0v) is 19.6. The van der Waals surface area contributed by atoms with Crippen LogP contribution in [0.1, 0.15) is 12.8 Å². The molecule has 2 aromatic carbocycles. The molecule has 3 aromatic heterocycles. The third kappa shape index (κ3) is 4.00. The molecule has 0 unspecified atom stereocenters. The average Bonchev–Trinajstić information content (AvgIpc) is 3.30. The van der Waals surface area contributed by atoms with Gasteiger partial charge in [0, 0.05) is 22.9 Å². The Labute approximate surface area is 206 Å². The number of hydrogen-bond donors (Lipinski definition) is 1. The van der Waals surface area contributed by atoms with E-state index in [2.05, 4.69) is 25.6 Å². The molecular weight excluding hydrogens is 488 g/mol. The van der Waals surface area contributed by atoms with Gasteiger partial charge in [0.05, 0.1) is 10.2 Å². The van der Waals surface area contributed by atoms with Crippen molar-refractivity contribution in [1.82, 2.24) is 24.8 Å². The standard InChI is InChI=1S/C23H16N6O4S2/c30-21(12-1-2-12)25-22-24-15-5-4-14(10-18(15)35-22)34-23-27-26-19-7-8-20(28-29(19)23)33-13-3-6-16-17(9-13)32-11-31-16/h3-10,12H,1-2,11H2,(H,24,25,30). The van der Waals surface area contributed by atoms with Crippen LogP contribution >= 0.6 is 23.1 Å². The largest absolute Gasteiger partial charge is 0.454 e. The van der Waals surface area contributed by atoms with E-state index >= 15 is 0 Å². The van der Waals surface area contributed by atoms with Gasteiger partial charge in [-0.1, -0.05) is 11.3 Å². The summed E-state index contributed by atoms with van der Waals surface area (Å²) in [5.74, 6) is 2.50. The number of nitrogens with zero attached hydrogens (tertiary/aromatic N) is 5. The van der Waals surface area contributed by atoms with E-state index in [4.69, 9.17) is 14.2 Å². The molecule has 7 rings (SSSR count). The lowest BCUT2D eigenvalue weighted by Crippen LogP contribution is -2.12. The fourth-order valence-electron chi connectivity index (χ4n) is 3.61. The highest BCUT2D eigenvalue weighted by Gasteiger charge is 2.30. The maximum Gasteiger partial charge on any atom is 0.237 e. The minimum absolute atomic E-state index is 0.0541. The lowest BCUT2D eigenvalue weighted by Gasteiger charge is -2.06. The number of carbonyl (C=O) groups excluding carboxylic acids is 1. The van der Waals surface area contributed by atoms with Crippen molar-refractivity contribution in [3.05, 3.63) is 48.5 Å². The first-order valence-electron chi connectivity index (χ1n) is 10.9. The third-order valence-corrected chi connectivity index (χ3v) is 7.38. The van der Waals surface area contributed by atoms with Crippen molar-refractivity contribution in [2.24, 2.45) is 5.92 Å². The number of benzene rings is 2. The number of carbonyl (C=O) groups is 1. The lowest BCUT2D eigenvalue weighted by atomic mass is 10.3. The van der Waals surface area contributed by atoms with Gasteiger partial charge in [-0.3, -0.25) is 4.79 Å². The zero-order valence-electron chi connectivity index (χ0n) is 18.0. The molecule has 12 heteroatoms. The molecule has 0 spiro atoms. The van der Waals surface area contributed by atoms with E-state index in [1.54, 1.807) is 34.8 Å². The molecule has 0 radical (unpaired) electrons. The summed E-state index contributed by atoms with van der Waals surface area (Å²) in [6.45, 7) is 0.202. The molecule has 5 aromatic rings. The molecule has 1 saturated carbocycles. The van der Waals surface area contributed by atoms with Gasteiger partial charge in [-0.25, -0.2) is 4.98 Å². The Bertz CT molecular complexity index is 1610. The van der Waals surface area contributed by atoms with Crippen molar-refractivity contribution in [3.63, 3.8) is 0 Å². The molecule has 4 heterocycles. The van der Waals surface area contributed by atoms with Gasteiger partial charge in [0.1, 0.15) is 5.75 Å². The van der Waals surface area contributed by atoms with Crippen molar-refractivity contribution < 1.29 is 19.0 Å². The topological polar surface area (TPSA) is 113 Å². The SMILES string of the molecule is O=C(Nc1nc2ccc(Sc3nnc4ccc(Oc5ccc6c(c5)OCO6)nn34)cc2s1)C1CC1. The number of fused-ring (bicyclic) bond motifs is 3. The Hall–Kier alpha value is -3.90. The predicted octanol–water partition coefficient (Wildman–Crippen LogP) is 4.75. The van der Waals surface area contributed by atoms with E-state index in [-0.39, 0.29) is 18.6 Å². The second-order valence-electron chi connectivity index (χ2n) is 8.06. The summed E-state index contributed by atoms with van der Waals surface area (Å²) < 4.78 is 19.3. The molecular formula is C23H16N6O4S2. The van der Waals surface area contributed by atoms with Gasteiger partial charge in [0.25, 0.3) is 0 Å². The highest BCUT2D eigenvalue weighted by atomic mass is 32.2. The van der Waals surface area contributed by atoms with Crippen molar-refractivity contribution >= 4 is 50.0 Å². The van der Waals surface area contributed by atoms with Crippen LogP contribution in [0.3, 0.4) is 0 Å². The highest BCUT2D eigenvalue weighted by Crippen LogP contribution is 2.37. The molecule has 174 valence electrons. The fraction of sp³-hybridized carbons (Fsp3) is 0.174. The Morgan fingerprint density at radius 1 is 1.09 bits per heavy atom. The summed E-state index contributed by atoms with van der Waals surface area (Å²) >= 11 is 2.89. The minimum atomic E-state index is 0.0541.